The number of thiazole rings is 1. The zero-order valence-electron chi connectivity index (χ0n) is 7.43. The Kier molecular flexibility index (Phi) is 3.74. The van der Waals surface area contributed by atoms with Gasteiger partial charge in [0, 0.05) is 11.6 Å². The van der Waals surface area contributed by atoms with Crippen molar-refractivity contribution in [3.8, 4) is 0 Å². The summed E-state index contributed by atoms with van der Waals surface area (Å²) in [6, 6.07) is 0. The van der Waals surface area contributed by atoms with E-state index in [1.807, 2.05) is 19.2 Å². The molecule has 13 heavy (non-hydrogen) atoms. The Morgan fingerprint density at radius 3 is 2.77 bits per heavy atom. The molecule has 0 unspecified atom stereocenters. The molecule has 0 spiro atoms. The van der Waals surface area contributed by atoms with Crippen molar-refractivity contribution in [3.63, 3.8) is 0 Å². The smallest absolute Gasteiger partial charge is 0.317 e. The number of hydrogen-bond donors (Lipinski definition) is 1. The number of hydrogen-bond acceptors (Lipinski definition) is 4. The highest BCUT2D eigenvalue weighted by molar-refractivity contribution is 8.02. The third kappa shape index (κ3) is 3.00. The third-order valence-electron chi connectivity index (χ3n) is 1.49. The van der Waals surface area contributed by atoms with E-state index in [1.54, 1.807) is 6.20 Å². The van der Waals surface area contributed by atoms with Gasteiger partial charge >= 0.3 is 5.97 Å². The predicted octanol–water partition coefficient (Wildman–Crippen LogP) is 2.34. The quantitative estimate of drug-likeness (QED) is 0.786. The van der Waals surface area contributed by atoms with Gasteiger partial charge in [0.15, 0.2) is 4.34 Å². The molecule has 72 valence electrons. The maximum absolute atomic E-state index is 10.8. The van der Waals surface area contributed by atoms with Crippen LogP contribution in [0.1, 0.15) is 13.8 Å². The van der Waals surface area contributed by atoms with Crippen LogP contribution in [0.15, 0.2) is 15.9 Å². The Bertz CT molecular complexity index is 272. The van der Waals surface area contributed by atoms with E-state index in [1.165, 1.54) is 23.1 Å². The van der Waals surface area contributed by atoms with Crippen molar-refractivity contribution in [1.82, 2.24) is 4.98 Å². The minimum absolute atomic E-state index is 0.117. The molecule has 1 aromatic rings. The number of aliphatic carboxylic acids is 1. The summed E-state index contributed by atoms with van der Waals surface area (Å²) in [5.74, 6) is -0.651. The second kappa shape index (κ2) is 4.62. The molecular weight excluding hydrogens is 206 g/mol. The fourth-order valence-electron chi connectivity index (χ4n) is 0.849. The van der Waals surface area contributed by atoms with Crippen molar-refractivity contribution in [2.75, 3.05) is 0 Å². The van der Waals surface area contributed by atoms with Gasteiger partial charge in [0.2, 0.25) is 0 Å². The van der Waals surface area contributed by atoms with Crippen molar-refractivity contribution < 1.29 is 9.90 Å². The number of rotatable bonds is 4. The van der Waals surface area contributed by atoms with E-state index in [0.29, 0.717) is 0 Å². The van der Waals surface area contributed by atoms with E-state index >= 15 is 0 Å². The van der Waals surface area contributed by atoms with Gasteiger partial charge in [0.25, 0.3) is 0 Å². The number of nitrogens with zero attached hydrogens (tertiary/aromatic N) is 1. The van der Waals surface area contributed by atoms with Crippen molar-refractivity contribution >= 4 is 29.1 Å². The monoisotopic (exact) mass is 217 g/mol. The van der Waals surface area contributed by atoms with Crippen LogP contribution in [0.3, 0.4) is 0 Å². The van der Waals surface area contributed by atoms with Crippen LogP contribution in [-0.4, -0.2) is 21.3 Å². The molecule has 0 aliphatic rings. The molecule has 5 heteroatoms. The van der Waals surface area contributed by atoms with E-state index in [2.05, 4.69) is 4.98 Å². The number of carbonyl (C=O) groups is 1. The molecule has 0 fully saturated rings. The van der Waals surface area contributed by atoms with Gasteiger partial charge in [-0.05, 0) is 5.92 Å². The summed E-state index contributed by atoms with van der Waals surface area (Å²) in [7, 11) is 0. The first-order valence-corrected chi connectivity index (χ1v) is 5.66. The SMILES string of the molecule is CC(C)[C@H](Sc1nccs1)C(=O)O. The normalized spacial score (nSPS) is 13.2. The molecule has 0 radical (unpaired) electrons. The van der Waals surface area contributed by atoms with Crippen LogP contribution < -0.4 is 0 Å². The zero-order chi connectivity index (χ0) is 9.84. The predicted molar refractivity (Wildman–Crippen MR) is 54.2 cm³/mol. The van der Waals surface area contributed by atoms with Gasteiger partial charge in [-0.1, -0.05) is 25.6 Å². The van der Waals surface area contributed by atoms with Crippen molar-refractivity contribution in [1.29, 1.82) is 0 Å². The molecule has 1 heterocycles. The molecule has 0 aromatic carbocycles. The summed E-state index contributed by atoms with van der Waals surface area (Å²) in [5.41, 5.74) is 0. The summed E-state index contributed by atoms with van der Waals surface area (Å²) < 4.78 is 0.820. The summed E-state index contributed by atoms with van der Waals surface area (Å²) in [4.78, 5) is 14.9. The van der Waals surface area contributed by atoms with E-state index < -0.39 is 11.2 Å². The summed E-state index contributed by atoms with van der Waals surface area (Å²) >= 11 is 2.79. The van der Waals surface area contributed by atoms with Crippen molar-refractivity contribution in [2.24, 2.45) is 5.92 Å². The standard InChI is InChI=1S/C8H11NO2S2/c1-5(2)6(7(10)11)13-8-9-3-4-12-8/h3-6H,1-2H3,(H,10,11)/t6-/m0/s1. The van der Waals surface area contributed by atoms with Gasteiger partial charge in [0.05, 0.1) is 0 Å². The maximum atomic E-state index is 10.8. The van der Waals surface area contributed by atoms with Crippen molar-refractivity contribution in [3.05, 3.63) is 11.6 Å². The molecule has 0 bridgehead atoms. The molecule has 0 aliphatic carbocycles. The van der Waals surface area contributed by atoms with Gasteiger partial charge in [-0.2, -0.15) is 0 Å². The minimum atomic E-state index is -0.768. The van der Waals surface area contributed by atoms with E-state index in [9.17, 15) is 4.79 Å². The van der Waals surface area contributed by atoms with Gasteiger partial charge < -0.3 is 5.11 Å². The first kappa shape index (κ1) is 10.5. The van der Waals surface area contributed by atoms with Crippen LogP contribution >= 0.6 is 23.1 Å². The Morgan fingerprint density at radius 2 is 2.38 bits per heavy atom. The first-order valence-electron chi connectivity index (χ1n) is 3.90. The van der Waals surface area contributed by atoms with E-state index in [-0.39, 0.29) is 5.92 Å². The van der Waals surface area contributed by atoms with Crippen LogP contribution in [0.4, 0.5) is 0 Å². The number of carboxylic acids is 1. The lowest BCUT2D eigenvalue weighted by atomic mass is 10.1. The van der Waals surface area contributed by atoms with Crippen molar-refractivity contribution in [2.45, 2.75) is 23.4 Å². The molecule has 1 rings (SSSR count). The Balaban J connectivity index is 2.63. The second-order valence-electron chi connectivity index (χ2n) is 2.92. The zero-order valence-corrected chi connectivity index (χ0v) is 9.06. The highest BCUT2D eigenvalue weighted by atomic mass is 32.2. The topological polar surface area (TPSA) is 50.2 Å². The Labute approximate surface area is 85.2 Å². The Hall–Kier alpha value is -0.550. The fraction of sp³-hybridized carbons (Fsp3) is 0.500. The van der Waals surface area contributed by atoms with Gasteiger partial charge in [0.1, 0.15) is 5.25 Å². The largest absolute Gasteiger partial charge is 0.480 e. The highest BCUT2D eigenvalue weighted by Gasteiger charge is 2.23. The highest BCUT2D eigenvalue weighted by Crippen LogP contribution is 2.29. The van der Waals surface area contributed by atoms with Crippen LogP contribution in [0, 0.1) is 5.92 Å². The molecule has 0 aliphatic heterocycles. The minimum Gasteiger partial charge on any atom is -0.480 e. The van der Waals surface area contributed by atoms with E-state index in [0.717, 1.165) is 4.34 Å². The molecule has 3 nitrogen and oxygen atoms in total. The number of carboxylic acid groups (broad SMARTS) is 1. The summed E-state index contributed by atoms with van der Waals surface area (Å²) in [5, 5.41) is 10.4. The average Bonchev–Trinajstić information content (AvgIpc) is 2.50. The second-order valence-corrected chi connectivity index (χ2v) is 5.20. The molecule has 0 saturated carbocycles. The number of aromatic nitrogens is 1. The average molecular weight is 217 g/mol. The number of thioether (sulfide) groups is 1. The summed E-state index contributed by atoms with van der Waals surface area (Å²) in [6.07, 6.45) is 1.69. The molecule has 1 N–H and O–H groups in total. The van der Waals surface area contributed by atoms with Gasteiger partial charge in [-0.25, -0.2) is 4.98 Å². The van der Waals surface area contributed by atoms with Crippen LogP contribution in [-0.2, 0) is 4.79 Å². The first-order chi connectivity index (χ1) is 6.11. The fourth-order valence-corrected chi connectivity index (χ4v) is 2.62. The molecular formula is C8H11NO2S2. The summed E-state index contributed by atoms with van der Waals surface area (Å²) in [6.45, 7) is 3.80. The lowest BCUT2D eigenvalue weighted by molar-refractivity contribution is -0.137. The van der Waals surface area contributed by atoms with Crippen LogP contribution in [0.5, 0.6) is 0 Å². The molecule has 1 atom stereocenters. The Morgan fingerprint density at radius 1 is 1.69 bits per heavy atom. The third-order valence-corrected chi connectivity index (χ3v) is 3.94. The molecule has 0 amide bonds. The lowest BCUT2D eigenvalue weighted by Gasteiger charge is -2.13. The maximum Gasteiger partial charge on any atom is 0.317 e. The van der Waals surface area contributed by atoms with Gasteiger partial charge in [-0.15, -0.1) is 11.3 Å². The van der Waals surface area contributed by atoms with Crippen LogP contribution in [0.25, 0.3) is 0 Å². The van der Waals surface area contributed by atoms with Crippen LogP contribution in [0.2, 0.25) is 0 Å². The van der Waals surface area contributed by atoms with E-state index in [4.69, 9.17) is 5.11 Å². The molecule has 0 saturated heterocycles. The lowest BCUT2D eigenvalue weighted by Crippen LogP contribution is -2.22. The van der Waals surface area contributed by atoms with Gasteiger partial charge in [-0.3, -0.25) is 4.79 Å². The molecule has 1 aromatic heterocycles.